The molecule has 0 aliphatic rings. The SMILES string of the molecule is N=C(CN)N(N)N=Nc1ncn[nH]1. The number of aromatic amines is 1. The fourth-order valence-electron chi connectivity index (χ4n) is 0.485. The number of amidine groups is 1. The van der Waals surface area contributed by atoms with E-state index in [0.29, 0.717) is 0 Å². The Bertz CT molecular complexity index is 287. The molecule has 0 spiro atoms. The smallest absolute Gasteiger partial charge is 0.266 e. The largest absolute Gasteiger partial charge is 0.324 e. The standard InChI is InChI=1S/C4H9N9/c5-1-3(6)13(7)12-11-4-8-2-9-10-4/h2,6H,1,5,7H2,(H,8,9,10). The Morgan fingerprint density at radius 2 is 2.54 bits per heavy atom. The van der Waals surface area contributed by atoms with Crippen molar-refractivity contribution in [2.24, 2.45) is 21.9 Å². The van der Waals surface area contributed by atoms with Crippen molar-refractivity contribution in [1.82, 2.24) is 20.3 Å². The first-order valence-electron chi connectivity index (χ1n) is 3.33. The molecule has 9 heteroatoms. The van der Waals surface area contributed by atoms with Gasteiger partial charge in [-0.05, 0) is 5.22 Å². The number of hydrogen-bond donors (Lipinski definition) is 4. The van der Waals surface area contributed by atoms with Crippen LogP contribution in [0.3, 0.4) is 0 Å². The Labute approximate surface area is 73.3 Å². The maximum Gasteiger partial charge on any atom is 0.266 e. The number of nitrogens with two attached hydrogens (primary N) is 2. The molecule has 1 heterocycles. The van der Waals surface area contributed by atoms with Gasteiger partial charge in [-0.2, -0.15) is 15.2 Å². The summed E-state index contributed by atoms with van der Waals surface area (Å²) in [7, 11) is 0. The first kappa shape index (κ1) is 9.22. The van der Waals surface area contributed by atoms with Gasteiger partial charge in [0.2, 0.25) is 0 Å². The molecule has 0 saturated heterocycles. The summed E-state index contributed by atoms with van der Waals surface area (Å²) in [5.41, 5.74) is 5.14. The number of aromatic nitrogens is 3. The molecule has 0 radical (unpaired) electrons. The normalized spacial score (nSPS) is 10.6. The Kier molecular flexibility index (Phi) is 3.00. The van der Waals surface area contributed by atoms with Crippen molar-refractivity contribution in [3.8, 4) is 0 Å². The summed E-state index contributed by atoms with van der Waals surface area (Å²) in [6.07, 6.45) is 1.28. The molecule has 6 N–H and O–H groups in total. The molecule has 1 aromatic heterocycles. The number of nitrogens with one attached hydrogen (secondary N) is 2. The Hall–Kier alpha value is -1.87. The van der Waals surface area contributed by atoms with E-state index in [1.807, 2.05) is 0 Å². The van der Waals surface area contributed by atoms with E-state index < -0.39 is 0 Å². The van der Waals surface area contributed by atoms with Crippen LogP contribution in [0.2, 0.25) is 0 Å². The Morgan fingerprint density at radius 3 is 3.08 bits per heavy atom. The van der Waals surface area contributed by atoms with Crippen LogP contribution in [-0.2, 0) is 0 Å². The summed E-state index contributed by atoms with van der Waals surface area (Å²) in [5.74, 6) is 5.41. The Morgan fingerprint density at radius 1 is 1.77 bits per heavy atom. The maximum atomic E-state index is 7.15. The lowest BCUT2D eigenvalue weighted by atomic mass is 10.6. The van der Waals surface area contributed by atoms with Crippen LogP contribution in [0.25, 0.3) is 0 Å². The van der Waals surface area contributed by atoms with Crippen LogP contribution in [0.5, 0.6) is 0 Å². The number of nitrogens with zero attached hydrogens (tertiary/aromatic N) is 5. The molecule has 0 aromatic carbocycles. The summed E-state index contributed by atoms with van der Waals surface area (Å²) < 4.78 is 0. The lowest BCUT2D eigenvalue weighted by Gasteiger charge is -2.07. The lowest BCUT2D eigenvalue weighted by molar-refractivity contribution is 0.429. The van der Waals surface area contributed by atoms with Crippen LogP contribution in [0, 0.1) is 5.41 Å². The molecule has 0 atom stereocenters. The quantitative estimate of drug-likeness (QED) is 0.155. The molecule has 0 bridgehead atoms. The second-order valence-electron chi connectivity index (χ2n) is 1.99. The van der Waals surface area contributed by atoms with Gasteiger partial charge in [0.05, 0.1) is 6.54 Å². The molecule has 70 valence electrons. The molecular weight excluding hydrogens is 174 g/mol. The van der Waals surface area contributed by atoms with Crippen LogP contribution >= 0.6 is 0 Å². The second-order valence-corrected chi connectivity index (χ2v) is 1.99. The third-order valence-electron chi connectivity index (χ3n) is 1.11. The summed E-state index contributed by atoms with van der Waals surface area (Å²) in [6, 6.07) is 0. The van der Waals surface area contributed by atoms with E-state index in [2.05, 4.69) is 25.5 Å². The maximum absolute atomic E-state index is 7.15. The monoisotopic (exact) mass is 183 g/mol. The van der Waals surface area contributed by atoms with Gasteiger partial charge in [0.25, 0.3) is 5.95 Å². The van der Waals surface area contributed by atoms with Crippen molar-refractivity contribution in [2.75, 3.05) is 6.54 Å². The van der Waals surface area contributed by atoms with Gasteiger partial charge in [-0.1, -0.05) is 5.11 Å². The molecule has 0 unspecified atom stereocenters. The fraction of sp³-hybridized carbons (Fsp3) is 0.250. The minimum atomic E-state index is -0.0525. The first-order valence-corrected chi connectivity index (χ1v) is 3.33. The van der Waals surface area contributed by atoms with E-state index in [1.165, 1.54) is 6.33 Å². The molecular formula is C4H9N9. The van der Waals surface area contributed by atoms with Crippen LogP contribution in [0.1, 0.15) is 0 Å². The molecule has 1 aromatic rings. The number of hydrazine groups is 1. The first-order chi connectivity index (χ1) is 6.24. The zero-order valence-electron chi connectivity index (χ0n) is 6.68. The topological polar surface area (TPSA) is 145 Å². The van der Waals surface area contributed by atoms with E-state index in [0.717, 1.165) is 5.12 Å². The zero-order chi connectivity index (χ0) is 9.68. The molecule has 0 fully saturated rings. The van der Waals surface area contributed by atoms with Crippen molar-refractivity contribution in [3.63, 3.8) is 0 Å². The summed E-state index contributed by atoms with van der Waals surface area (Å²) >= 11 is 0. The van der Waals surface area contributed by atoms with Crippen LogP contribution < -0.4 is 11.6 Å². The average Bonchev–Trinajstić information content (AvgIpc) is 2.65. The highest BCUT2D eigenvalue weighted by Gasteiger charge is 2.00. The van der Waals surface area contributed by atoms with Crippen molar-refractivity contribution in [1.29, 1.82) is 5.41 Å². The number of rotatable bonds is 3. The van der Waals surface area contributed by atoms with Crippen LogP contribution in [0.4, 0.5) is 5.95 Å². The van der Waals surface area contributed by atoms with Gasteiger partial charge in [-0.25, -0.2) is 10.9 Å². The average molecular weight is 183 g/mol. The van der Waals surface area contributed by atoms with E-state index in [4.69, 9.17) is 17.0 Å². The van der Waals surface area contributed by atoms with E-state index >= 15 is 0 Å². The lowest BCUT2D eigenvalue weighted by Crippen LogP contribution is -2.36. The summed E-state index contributed by atoms with van der Waals surface area (Å²) in [4.78, 5) is 3.66. The summed E-state index contributed by atoms with van der Waals surface area (Å²) in [5, 5.41) is 20.9. The highest BCUT2D eigenvalue weighted by Crippen LogP contribution is 1.99. The van der Waals surface area contributed by atoms with Gasteiger partial charge in [0, 0.05) is 0 Å². The van der Waals surface area contributed by atoms with Crippen molar-refractivity contribution >= 4 is 11.8 Å². The van der Waals surface area contributed by atoms with Gasteiger partial charge in [0.1, 0.15) is 6.33 Å². The predicted octanol–water partition coefficient (Wildman–Crippen LogP) is -1.08. The molecule has 13 heavy (non-hydrogen) atoms. The van der Waals surface area contributed by atoms with E-state index in [-0.39, 0.29) is 18.3 Å². The zero-order valence-corrected chi connectivity index (χ0v) is 6.68. The van der Waals surface area contributed by atoms with Crippen LogP contribution in [0.15, 0.2) is 16.7 Å². The van der Waals surface area contributed by atoms with Gasteiger partial charge in [-0.3, -0.25) is 5.41 Å². The van der Waals surface area contributed by atoms with Crippen LogP contribution in [-0.4, -0.2) is 32.7 Å². The molecule has 9 nitrogen and oxygen atoms in total. The van der Waals surface area contributed by atoms with Crippen molar-refractivity contribution in [2.45, 2.75) is 0 Å². The summed E-state index contributed by atoms with van der Waals surface area (Å²) in [6.45, 7) is -0.00801. The van der Waals surface area contributed by atoms with E-state index in [1.54, 1.807) is 0 Å². The third-order valence-corrected chi connectivity index (χ3v) is 1.11. The van der Waals surface area contributed by atoms with Gasteiger partial charge in [-0.15, -0.1) is 0 Å². The van der Waals surface area contributed by atoms with Crippen molar-refractivity contribution in [3.05, 3.63) is 6.33 Å². The minimum absolute atomic E-state index is 0.00801. The Balaban J connectivity index is 2.53. The minimum Gasteiger partial charge on any atom is -0.324 e. The highest BCUT2D eigenvalue weighted by atomic mass is 15.7. The molecule has 1 rings (SSSR count). The van der Waals surface area contributed by atoms with Crippen molar-refractivity contribution < 1.29 is 0 Å². The molecule has 0 amide bonds. The third kappa shape index (κ3) is 2.57. The molecule has 0 aliphatic carbocycles. The van der Waals surface area contributed by atoms with Gasteiger partial charge >= 0.3 is 0 Å². The highest BCUT2D eigenvalue weighted by molar-refractivity contribution is 5.79. The van der Waals surface area contributed by atoms with E-state index in [9.17, 15) is 0 Å². The predicted molar refractivity (Wildman–Crippen MR) is 43.7 cm³/mol. The fourth-order valence-corrected chi connectivity index (χ4v) is 0.485. The molecule has 0 aliphatic heterocycles. The number of H-pyrrole nitrogens is 1. The second kappa shape index (κ2) is 4.23. The number of hydrogen-bond acceptors (Lipinski definition) is 7. The van der Waals surface area contributed by atoms with Gasteiger partial charge in [0.15, 0.2) is 5.84 Å². The van der Waals surface area contributed by atoms with Gasteiger partial charge < -0.3 is 5.73 Å². The molecule has 0 saturated carbocycles.